The van der Waals surface area contributed by atoms with Crippen molar-refractivity contribution in [3.8, 4) is 22.9 Å². The fraction of sp³-hybridized carbons (Fsp3) is 0.444. The van der Waals surface area contributed by atoms with Crippen molar-refractivity contribution in [2.24, 2.45) is 5.92 Å². The van der Waals surface area contributed by atoms with Gasteiger partial charge in [0.05, 0.1) is 17.4 Å². The zero-order valence-corrected chi connectivity index (χ0v) is 27.2. The van der Waals surface area contributed by atoms with Gasteiger partial charge >= 0.3 is 6.09 Å². The van der Waals surface area contributed by atoms with Gasteiger partial charge < -0.3 is 24.8 Å². The molecule has 0 spiro atoms. The molecule has 2 aromatic carbocycles. The van der Waals surface area contributed by atoms with Crippen molar-refractivity contribution in [3.63, 3.8) is 0 Å². The first-order valence-electron chi connectivity index (χ1n) is 15.9. The van der Waals surface area contributed by atoms with E-state index < -0.39 is 5.60 Å². The first kappa shape index (κ1) is 32.2. The van der Waals surface area contributed by atoms with Crippen molar-refractivity contribution in [2.45, 2.75) is 85.0 Å². The van der Waals surface area contributed by atoms with Gasteiger partial charge in [-0.1, -0.05) is 44.2 Å². The van der Waals surface area contributed by atoms with E-state index in [1.165, 1.54) is 5.56 Å². The summed E-state index contributed by atoms with van der Waals surface area (Å²) in [4.78, 5) is 28.3. The van der Waals surface area contributed by atoms with Gasteiger partial charge in [0, 0.05) is 36.9 Å². The zero-order chi connectivity index (χ0) is 32.1. The molecule has 1 aliphatic heterocycles. The van der Waals surface area contributed by atoms with Gasteiger partial charge in [0.1, 0.15) is 11.4 Å². The Morgan fingerprint density at radius 2 is 1.89 bits per heavy atom. The number of benzene rings is 2. The standard InChI is InChI=1S/C36H45N5O4/c1-23(2)31(42)17-15-25-10-7-12-28-27(25)16-14-24(3)32(28)44-33-29(13-8-19-37-33)30-18-20-38-34(40-30)39-26-11-9-21-41(22-26)35(43)45-36(4,5)6/h7-8,10,12-14,16,18-20,23,26,31,42H,9,11,15,17,21-22H2,1-6H3,(H,38,39,40)/t26-,31-/m0/s1. The molecule has 1 amide bonds. The number of hydrogen-bond acceptors (Lipinski definition) is 8. The number of anilines is 1. The number of rotatable bonds is 9. The normalized spacial score (nSPS) is 16.1. The highest BCUT2D eigenvalue weighted by molar-refractivity contribution is 5.92. The van der Waals surface area contributed by atoms with Crippen LogP contribution < -0.4 is 10.1 Å². The largest absolute Gasteiger partial charge is 0.444 e. The molecule has 2 atom stereocenters. The molecule has 2 aromatic heterocycles. The van der Waals surface area contributed by atoms with Crippen molar-refractivity contribution >= 4 is 22.8 Å². The lowest BCUT2D eigenvalue weighted by Crippen LogP contribution is -2.47. The third-order valence-corrected chi connectivity index (χ3v) is 8.09. The van der Waals surface area contributed by atoms with Crippen molar-refractivity contribution in [1.29, 1.82) is 0 Å². The first-order valence-corrected chi connectivity index (χ1v) is 15.9. The van der Waals surface area contributed by atoms with E-state index in [1.54, 1.807) is 17.3 Å². The number of likely N-dealkylation sites (tertiary alicyclic amines) is 1. The smallest absolute Gasteiger partial charge is 0.410 e. The molecular weight excluding hydrogens is 566 g/mol. The van der Waals surface area contributed by atoms with Crippen LogP contribution in [0.15, 0.2) is 60.9 Å². The van der Waals surface area contributed by atoms with Gasteiger partial charge in [-0.15, -0.1) is 0 Å². The van der Waals surface area contributed by atoms with Gasteiger partial charge in [0.25, 0.3) is 0 Å². The Labute approximate surface area is 266 Å². The summed E-state index contributed by atoms with van der Waals surface area (Å²) in [5.41, 5.74) is 3.06. The van der Waals surface area contributed by atoms with E-state index in [0.717, 1.165) is 46.9 Å². The number of amides is 1. The number of aromatic nitrogens is 3. The van der Waals surface area contributed by atoms with E-state index in [9.17, 15) is 9.90 Å². The highest BCUT2D eigenvalue weighted by Gasteiger charge is 2.28. The lowest BCUT2D eigenvalue weighted by atomic mass is 9.95. The van der Waals surface area contributed by atoms with Gasteiger partial charge in [-0.2, -0.15) is 0 Å². The molecular formula is C36H45N5O4. The molecule has 238 valence electrons. The summed E-state index contributed by atoms with van der Waals surface area (Å²) >= 11 is 0. The number of hydrogen-bond donors (Lipinski definition) is 2. The Hall–Kier alpha value is -4.24. The molecule has 1 saturated heterocycles. The van der Waals surface area contributed by atoms with Crippen LogP contribution in [-0.4, -0.2) is 61.9 Å². The number of carbonyl (C=O) groups excluding carboxylic acids is 1. The average Bonchev–Trinajstić information content (AvgIpc) is 3.00. The Morgan fingerprint density at radius 3 is 2.67 bits per heavy atom. The van der Waals surface area contributed by atoms with Crippen LogP contribution in [0.4, 0.5) is 10.7 Å². The van der Waals surface area contributed by atoms with Gasteiger partial charge in [0.2, 0.25) is 11.8 Å². The van der Waals surface area contributed by atoms with Crippen molar-refractivity contribution in [1.82, 2.24) is 19.9 Å². The number of carbonyl (C=O) groups is 1. The number of nitrogens with one attached hydrogen (secondary N) is 1. The van der Waals surface area contributed by atoms with Crippen molar-refractivity contribution in [2.75, 3.05) is 18.4 Å². The van der Waals surface area contributed by atoms with Crippen LogP contribution in [0.1, 0.15) is 65.0 Å². The highest BCUT2D eigenvalue weighted by atomic mass is 16.6. The summed E-state index contributed by atoms with van der Waals surface area (Å²) in [7, 11) is 0. The third-order valence-electron chi connectivity index (χ3n) is 8.09. The quantitative estimate of drug-likeness (QED) is 0.200. The molecule has 3 heterocycles. The number of ether oxygens (including phenoxy) is 2. The molecule has 4 aromatic rings. The molecule has 9 heteroatoms. The number of piperidine rings is 1. The minimum Gasteiger partial charge on any atom is -0.444 e. The van der Waals surface area contributed by atoms with Gasteiger partial charge in [0.15, 0.2) is 0 Å². The molecule has 9 nitrogen and oxygen atoms in total. The van der Waals surface area contributed by atoms with Gasteiger partial charge in [-0.05, 0) is 94.0 Å². The molecule has 1 fully saturated rings. The Bertz CT molecular complexity index is 1630. The summed E-state index contributed by atoms with van der Waals surface area (Å²) < 4.78 is 12.2. The van der Waals surface area contributed by atoms with E-state index in [0.29, 0.717) is 37.0 Å². The topological polar surface area (TPSA) is 110 Å². The maximum Gasteiger partial charge on any atom is 0.410 e. The minimum absolute atomic E-state index is 0.000293. The van der Waals surface area contributed by atoms with Crippen LogP contribution in [0.2, 0.25) is 0 Å². The van der Waals surface area contributed by atoms with Crippen LogP contribution >= 0.6 is 0 Å². The van der Waals surface area contributed by atoms with Gasteiger partial charge in [-0.3, -0.25) is 0 Å². The Kier molecular flexibility index (Phi) is 9.87. The maximum atomic E-state index is 12.7. The number of aliphatic hydroxyl groups is 1. The lowest BCUT2D eigenvalue weighted by Gasteiger charge is -2.34. The Morgan fingerprint density at radius 1 is 1.07 bits per heavy atom. The predicted molar refractivity (Wildman–Crippen MR) is 178 cm³/mol. The van der Waals surface area contributed by atoms with E-state index in [1.807, 2.05) is 65.8 Å². The van der Waals surface area contributed by atoms with Crippen molar-refractivity contribution < 1.29 is 19.4 Å². The number of pyridine rings is 1. The van der Waals surface area contributed by atoms with Crippen LogP contribution in [0.25, 0.3) is 22.0 Å². The number of aryl methyl sites for hydroxylation is 2. The second-order valence-corrected chi connectivity index (χ2v) is 13.2. The second-order valence-electron chi connectivity index (χ2n) is 13.2. The summed E-state index contributed by atoms with van der Waals surface area (Å²) in [6, 6.07) is 16.1. The number of aliphatic hydroxyl groups excluding tert-OH is 1. The minimum atomic E-state index is -0.539. The van der Waals surface area contributed by atoms with Crippen LogP contribution in [0.5, 0.6) is 11.6 Å². The molecule has 0 radical (unpaired) electrons. The highest BCUT2D eigenvalue weighted by Crippen LogP contribution is 2.38. The lowest BCUT2D eigenvalue weighted by molar-refractivity contribution is 0.0206. The van der Waals surface area contributed by atoms with E-state index in [-0.39, 0.29) is 24.2 Å². The molecule has 0 bridgehead atoms. The van der Waals surface area contributed by atoms with Crippen LogP contribution in [-0.2, 0) is 11.2 Å². The average molecular weight is 612 g/mol. The first-order chi connectivity index (χ1) is 21.5. The number of nitrogens with zero attached hydrogens (tertiary/aromatic N) is 4. The monoisotopic (exact) mass is 611 g/mol. The Balaban J connectivity index is 1.37. The molecule has 0 aliphatic carbocycles. The molecule has 0 saturated carbocycles. The summed E-state index contributed by atoms with van der Waals surface area (Å²) in [5.74, 6) is 1.89. The second kappa shape index (κ2) is 13.8. The maximum absolute atomic E-state index is 12.7. The van der Waals surface area contributed by atoms with E-state index in [4.69, 9.17) is 14.5 Å². The summed E-state index contributed by atoms with van der Waals surface area (Å²) in [5, 5.41) is 15.9. The third kappa shape index (κ3) is 8.08. The molecule has 1 aliphatic rings. The molecule has 5 rings (SSSR count). The summed E-state index contributed by atoms with van der Waals surface area (Å²) in [6.07, 6.45) is 6.03. The molecule has 45 heavy (non-hydrogen) atoms. The van der Waals surface area contributed by atoms with Crippen LogP contribution in [0.3, 0.4) is 0 Å². The fourth-order valence-corrected chi connectivity index (χ4v) is 5.61. The molecule has 2 N–H and O–H groups in total. The SMILES string of the molecule is Cc1ccc2c(CC[C@H](O)C(C)C)cccc2c1Oc1ncccc1-c1ccnc(N[C@H]2CCCN(C(=O)OC(C)(C)C)C2)n1. The van der Waals surface area contributed by atoms with Crippen molar-refractivity contribution in [3.05, 3.63) is 72.1 Å². The number of fused-ring (bicyclic) bond motifs is 1. The predicted octanol–water partition coefficient (Wildman–Crippen LogP) is 7.55. The van der Waals surface area contributed by atoms with E-state index in [2.05, 4.69) is 39.6 Å². The van der Waals surface area contributed by atoms with E-state index >= 15 is 0 Å². The fourth-order valence-electron chi connectivity index (χ4n) is 5.61. The molecule has 0 unspecified atom stereocenters. The van der Waals surface area contributed by atoms with Crippen LogP contribution in [0, 0.1) is 12.8 Å². The summed E-state index contributed by atoms with van der Waals surface area (Å²) in [6.45, 7) is 12.9. The zero-order valence-electron chi connectivity index (χ0n) is 27.2. The van der Waals surface area contributed by atoms with Gasteiger partial charge in [-0.25, -0.2) is 19.7 Å².